The molecule has 3 rings (SSSR count). The Balaban J connectivity index is 1.73. The zero-order chi connectivity index (χ0) is 8.67. The predicted octanol–water partition coefficient (Wildman–Crippen LogP) is 3.05. The van der Waals surface area contributed by atoms with Gasteiger partial charge in [0.25, 0.3) is 0 Å². The van der Waals surface area contributed by atoms with Crippen molar-refractivity contribution in [2.75, 3.05) is 0 Å². The highest BCUT2D eigenvalue weighted by atomic mass is 14.5. The summed E-state index contributed by atoms with van der Waals surface area (Å²) in [5, 5.41) is 0. The molecule has 0 heterocycles. The quantitative estimate of drug-likeness (QED) is 0.598. The zero-order valence-electron chi connectivity index (χ0n) is 7.69. The lowest BCUT2D eigenvalue weighted by molar-refractivity contribution is 0.572. The molecule has 0 bridgehead atoms. The van der Waals surface area contributed by atoms with Crippen molar-refractivity contribution in [1.82, 2.24) is 0 Å². The summed E-state index contributed by atoms with van der Waals surface area (Å²) in [4.78, 5) is 0. The molecular weight excluding hydrogens is 156 g/mol. The van der Waals surface area contributed by atoms with Gasteiger partial charge in [0, 0.05) is 0 Å². The van der Waals surface area contributed by atoms with Gasteiger partial charge in [-0.1, -0.05) is 42.5 Å². The zero-order valence-corrected chi connectivity index (χ0v) is 7.69. The second-order valence-electron chi connectivity index (χ2n) is 4.30. The van der Waals surface area contributed by atoms with Crippen LogP contribution in [-0.2, 0) is 6.42 Å². The summed E-state index contributed by atoms with van der Waals surface area (Å²) in [6.45, 7) is 0. The lowest BCUT2D eigenvalue weighted by Gasteiger charge is -2.08. The average Bonchev–Trinajstić information content (AvgIpc) is 2.86. The van der Waals surface area contributed by atoms with E-state index < -0.39 is 0 Å². The molecule has 1 aromatic rings. The maximum atomic E-state index is 2.42. The largest absolute Gasteiger partial charge is 0.0848 e. The molecule has 1 aromatic carbocycles. The van der Waals surface area contributed by atoms with E-state index in [4.69, 9.17) is 0 Å². The first kappa shape index (κ1) is 7.37. The molecule has 3 atom stereocenters. The van der Waals surface area contributed by atoms with Crippen LogP contribution in [0.3, 0.4) is 0 Å². The Morgan fingerprint density at radius 3 is 2.54 bits per heavy atom. The van der Waals surface area contributed by atoms with Crippen LogP contribution in [0.25, 0.3) is 0 Å². The number of hydrogen-bond donors (Lipinski definition) is 0. The van der Waals surface area contributed by atoms with E-state index in [1.807, 2.05) is 0 Å². The molecule has 1 saturated carbocycles. The van der Waals surface area contributed by atoms with Crippen molar-refractivity contribution in [2.45, 2.75) is 12.8 Å². The molecule has 13 heavy (non-hydrogen) atoms. The summed E-state index contributed by atoms with van der Waals surface area (Å²) in [5.41, 5.74) is 1.49. The summed E-state index contributed by atoms with van der Waals surface area (Å²) in [5.74, 6) is 2.79. The van der Waals surface area contributed by atoms with Crippen molar-refractivity contribution in [1.29, 1.82) is 0 Å². The minimum Gasteiger partial charge on any atom is -0.0848 e. The Kier molecular flexibility index (Phi) is 1.55. The van der Waals surface area contributed by atoms with Gasteiger partial charge in [-0.2, -0.15) is 0 Å². The number of allylic oxidation sites excluding steroid dienone is 2. The standard InChI is InChI=1S/C13H14/c1-2-4-10(5-3-1)8-11-6-7-12-9-13(11)12/h1-7,11-13H,8-9H2/t11?,12-,13-/m0/s1. The third kappa shape index (κ3) is 1.31. The van der Waals surface area contributed by atoms with E-state index in [0.717, 1.165) is 17.8 Å². The highest BCUT2D eigenvalue weighted by Gasteiger charge is 2.43. The van der Waals surface area contributed by atoms with Crippen LogP contribution in [-0.4, -0.2) is 0 Å². The Morgan fingerprint density at radius 2 is 1.92 bits per heavy atom. The molecule has 1 unspecified atom stereocenters. The molecule has 1 fully saturated rings. The first-order valence-electron chi connectivity index (χ1n) is 5.16. The highest BCUT2D eigenvalue weighted by molar-refractivity contribution is 5.22. The Bertz CT molecular complexity index is 323. The highest BCUT2D eigenvalue weighted by Crippen LogP contribution is 2.51. The molecule has 0 saturated heterocycles. The second-order valence-corrected chi connectivity index (χ2v) is 4.30. The van der Waals surface area contributed by atoms with Gasteiger partial charge in [0.15, 0.2) is 0 Å². The van der Waals surface area contributed by atoms with Gasteiger partial charge in [-0.3, -0.25) is 0 Å². The number of benzene rings is 1. The monoisotopic (exact) mass is 170 g/mol. The van der Waals surface area contributed by atoms with Crippen molar-refractivity contribution in [3.63, 3.8) is 0 Å². The van der Waals surface area contributed by atoms with Crippen LogP contribution in [0.4, 0.5) is 0 Å². The van der Waals surface area contributed by atoms with Crippen molar-refractivity contribution in [2.24, 2.45) is 17.8 Å². The van der Waals surface area contributed by atoms with Crippen LogP contribution in [0.15, 0.2) is 42.5 Å². The molecule has 0 aromatic heterocycles. The van der Waals surface area contributed by atoms with Crippen LogP contribution in [0.5, 0.6) is 0 Å². The molecule has 0 N–H and O–H groups in total. The van der Waals surface area contributed by atoms with Crippen LogP contribution >= 0.6 is 0 Å². The van der Waals surface area contributed by atoms with Gasteiger partial charge in [0.2, 0.25) is 0 Å². The van der Waals surface area contributed by atoms with Crippen LogP contribution < -0.4 is 0 Å². The molecule has 0 heteroatoms. The molecule has 0 nitrogen and oxygen atoms in total. The Hall–Kier alpha value is -1.04. The van der Waals surface area contributed by atoms with Crippen LogP contribution in [0, 0.1) is 17.8 Å². The van der Waals surface area contributed by atoms with E-state index in [0.29, 0.717) is 0 Å². The minimum absolute atomic E-state index is 0.840. The third-order valence-electron chi connectivity index (χ3n) is 3.36. The molecule has 2 aliphatic carbocycles. The fourth-order valence-electron chi connectivity index (χ4n) is 2.48. The van der Waals surface area contributed by atoms with Gasteiger partial charge in [-0.25, -0.2) is 0 Å². The van der Waals surface area contributed by atoms with Crippen molar-refractivity contribution < 1.29 is 0 Å². The summed E-state index contributed by atoms with van der Waals surface area (Å²) in [6, 6.07) is 10.8. The number of rotatable bonds is 2. The first-order valence-corrected chi connectivity index (χ1v) is 5.16. The lowest BCUT2D eigenvalue weighted by atomic mass is 9.97. The van der Waals surface area contributed by atoms with Gasteiger partial charge in [-0.15, -0.1) is 0 Å². The Morgan fingerprint density at radius 1 is 1.08 bits per heavy atom. The Labute approximate surface area is 79.3 Å². The van der Waals surface area contributed by atoms with Crippen molar-refractivity contribution in [3.8, 4) is 0 Å². The topological polar surface area (TPSA) is 0 Å². The summed E-state index contributed by atoms with van der Waals surface area (Å²) >= 11 is 0. The van der Waals surface area contributed by atoms with Crippen LogP contribution in [0.1, 0.15) is 12.0 Å². The number of hydrogen-bond acceptors (Lipinski definition) is 0. The molecule has 0 aliphatic heterocycles. The van der Waals surface area contributed by atoms with E-state index >= 15 is 0 Å². The minimum atomic E-state index is 0.840. The van der Waals surface area contributed by atoms with Crippen LogP contribution in [0.2, 0.25) is 0 Å². The van der Waals surface area contributed by atoms with E-state index in [-0.39, 0.29) is 0 Å². The summed E-state index contributed by atoms with van der Waals surface area (Å²) in [6.07, 6.45) is 7.54. The molecule has 2 aliphatic rings. The van der Waals surface area contributed by atoms with Gasteiger partial charge in [0.1, 0.15) is 0 Å². The molecule has 0 radical (unpaired) electrons. The second kappa shape index (κ2) is 2.73. The maximum absolute atomic E-state index is 2.42. The van der Waals surface area contributed by atoms with Gasteiger partial charge in [-0.05, 0) is 36.2 Å². The first-order chi connectivity index (χ1) is 6.43. The smallest absolute Gasteiger partial charge is 0.0159 e. The predicted molar refractivity (Wildman–Crippen MR) is 54.4 cm³/mol. The number of fused-ring (bicyclic) bond motifs is 1. The molecule has 0 amide bonds. The van der Waals surface area contributed by atoms with E-state index in [1.54, 1.807) is 0 Å². The normalized spacial score (nSPS) is 34.6. The third-order valence-corrected chi connectivity index (χ3v) is 3.36. The molecule has 0 spiro atoms. The fraction of sp³-hybridized carbons (Fsp3) is 0.385. The summed E-state index contributed by atoms with van der Waals surface area (Å²) < 4.78 is 0. The van der Waals surface area contributed by atoms with Gasteiger partial charge < -0.3 is 0 Å². The maximum Gasteiger partial charge on any atom is -0.0159 e. The van der Waals surface area contributed by atoms with E-state index in [1.165, 1.54) is 18.4 Å². The van der Waals surface area contributed by atoms with Crippen molar-refractivity contribution >= 4 is 0 Å². The van der Waals surface area contributed by atoms with Gasteiger partial charge in [0.05, 0.1) is 0 Å². The fourth-order valence-corrected chi connectivity index (χ4v) is 2.48. The van der Waals surface area contributed by atoms with E-state index in [2.05, 4.69) is 42.5 Å². The molecular formula is C13H14. The SMILES string of the molecule is C1=C[C@H]2C[C@H]2C1Cc1ccccc1. The lowest BCUT2D eigenvalue weighted by Crippen LogP contribution is -2.01. The van der Waals surface area contributed by atoms with E-state index in [9.17, 15) is 0 Å². The van der Waals surface area contributed by atoms with Crippen molar-refractivity contribution in [3.05, 3.63) is 48.0 Å². The average molecular weight is 170 g/mol. The summed E-state index contributed by atoms with van der Waals surface area (Å²) in [7, 11) is 0. The molecule has 66 valence electrons. The van der Waals surface area contributed by atoms with Gasteiger partial charge >= 0.3 is 0 Å².